The van der Waals surface area contributed by atoms with Crippen molar-refractivity contribution in [2.45, 2.75) is 50.8 Å². The second kappa shape index (κ2) is 7.11. The summed E-state index contributed by atoms with van der Waals surface area (Å²) in [5.74, 6) is 0.160. The number of likely N-dealkylation sites (tertiary alicyclic amines) is 1. The molecule has 2 N–H and O–H groups in total. The Kier molecular flexibility index (Phi) is 6.12. The average molecular weight is 260 g/mol. The number of nitrogens with two attached hydrogens (primary N) is 1. The van der Waals surface area contributed by atoms with Crippen molar-refractivity contribution in [2.24, 2.45) is 5.73 Å². The molecule has 0 aromatic carbocycles. The topological polar surface area (TPSA) is 63.4 Å². The first-order valence-corrected chi connectivity index (χ1v) is 7.85. The number of rotatable bonds is 5. The quantitative estimate of drug-likeness (QED) is 0.798. The van der Waals surface area contributed by atoms with Crippen molar-refractivity contribution in [1.29, 1.82) is 0 Å². The molecule has 0 spiro atoms. The van der Waals surface area contributed by atoms with E-state index in [2.05, 4.69) is 0 Å². The predicted molar refractivity (Wildman–Crippen MR) is 71.2 cm³/mol. The molecule has 1 fully saturated rings. The molecule has 1 heterocycles. The van der Waals surface area contributed by atoms with Gasteiger partial charge in [0.1, 0.15) is 5.75 Å². The molecule has 1 aliphatic heterocycles. The van der Waals surface area contributed by atoms with Gasteiger partial charge in [0.15, 0.2) is 0 Å². The molecule has 3 atom stereocenters. The fourth-order valence-electron chi connectivity index (χ4n) is 2.01. The van der Waals surface area contributed by atoms with Crippen LogP contribution in [0.3, 0.4) is 0 Å². The van der Waals surface area contributed by atoms with Gasteiger partial charge in [0.05, 0.1) is 0 Å². The van der Waals surface area contributed by atoms with Gasteiger partial charge in [0, 0.05) is 35.2 Å². The minimum Gasteiger partial charge on any atom is -0.342 e. The van der Waals surface area contributed by atoms with Crippen LogP contribution >= 0.6 is 0 Å². The monoisotopic (exact) mass is 260 g/mol. The van der Waals surface area contributed by atoms with Gasteiger partial charge in [0.25, 0.3) is 0 Å². The highest BCUT2D eigenvalue weighted by atomic mass is 32.2. The van der Waals surface area contributed by atoms with Gasteiger partial charge in [-0.15, -0.1) is 0 Å². The van der Waals surface area contributed by atoms with Crippen LogP contribution in [0.25, 0.3) is 0 Å². The highest BCUT2D eigenvalue weighted by Crippen LogP contribution is 2.10. The summed E-state index contributed by atoms with van der Waals surface area (Å²) in [5, 5.41) is -0.103. The zero-order valence-corrected chi connectivity index (χ0v) is 11.7. The summed E-state index contributed by atoms with van der Waals surface area (Å²) in [7, 11) is -1.14. The number of amides is 1. The summed E-state index contributed by atoms with van der Waals surface area (Å²) in [6.07, 6.45) is 4.14. The van der Waals surface area contributed by atoms with Crippen LogP contribution in [0.15, 0.2) is 0 Å². The molecule has 17 heavy (non-hydrogen) atoms. The van der Waals surface area contributed by atoms with E-state index in [1.165, 1.54) is 6.42 Å². The van der Waals surface area contributed by atoms with E-state index in [-0.39, 0.29) is 23.0 Å². The standard InChI is InChI=1S/C12H24N2O2S/c1-3-11(13)10(2)17(16)9-12(15)14-7-5-4-6-8-14/h10-11H,3-9,13H2,1-2H3. The molecule has 100 valence electrons. The highest BCUT2D eigenvalue weighted by molar-refractivity contribution is 7.86. The van der Waals surface area contributed by atoms with E-state index in [9.17, 15) is 9.00 Å². The molecule has 4 nitrogen and oxygen atoms in total. The lowest BCUT2D eigenvalue weighted by Gasteiger charge is -2.27. The van der Waals surface area contributed by atoms with Gasteiger partial charge in [-0.05, 0) is 32.6 Å². The lowest BCUT2D eigenvalue weighted by molar-refractivity contribution is -0.129. The Labute approximate surface area is 106 Å². The van der Waals surface area contributed by atoms with Crippen LogP contribution in [-0.2, 0) is 15.6 Å². The molecule has 1 rings (SSSR count). The lowest BCUT2D eigenvalue weighted by Crippen LogP contribution is -2.42. The second-order valence-corrected chi connectivity index (χ2v) is 6.54. The molecule has 1 amide bonds. The summed E-state index contributed by atoms with van der Waals surface area (Å²) < 4.78 is 12.0. The zero-order chi connectivity index (χ0) is 12.8. The minimum absolute atomic E-state index is 0.0261. The Morgan fingerprint density at radius 2 is 1.94 bits per heavy atom. The van der Waals surface area contributed by atoms with Gasteiger partial charge >= 0.3 is 0 Å². The van der Waals surface area contributed by atoms with Crippen molar-refractivity contribution in [3.8, 4) is 0 Å². The minimum atomic E-state index is -1.14. The summed E-state index contributed by atoms with van der Waals surface area (Å²) in [5.41, 5.74) is 5.85. The normalized spacial score (nSPS) is 21.9. The van der Waals surface area contributed by atoms with Crippen LogP contribution in [0.2, 0.25) is 0 Å². The largest absolute Gasteiger partial charge is 0.342 e. The lowest BCUT2D eigenvalue weighted by atomic mass is 10.1. The second-order valence-electron chi connectivity index (χ2n) is 4.74. The van der Waals surface area contributed by atoms with E-state index >= 15 is 0 Å². The summed E-state index contributed by atoms with van der Waals surface area (Å²) in [6.45, 7) is 5.49. The van der Waals surface area contributed by atoms with E-state index < -0.39 is 10.8 Å². The molecule has 1 aliphatic rings. The van der Waals surface area contributed by atoms with E-state index in [1.807, 2.05) is 18.7 Å². The zero-order valence-electron chi connectivity index (χ0n) is 10.9. The van der Waals surface area contributed by atoms with Gasteiger partial charge in [0.2, 0.25) is 5.91 Å². The van der Waals surface area contributed by atoms with Gasteiger partial charge in [-0.25, -0.2) is 0 Å². The van der Waals surface area contributed by atoms with Gasteiger partial charge < -0.3 is 10.6 Å². The fraction of sp³-hybridized carbons (Fsp3) is 0.917. The van der Waals surface area contributed by atoms with Crippen molar-refractivity contribution in [1.82, 2.24) is 4.90 Å². The smallest absolute Gasteiger partial charge is 0.235 e. The van der Waals surface area contributed by atoms with Gasteiger partial charge in [-0.3, -0.25) is 9.00 Å². The molecule has 0 bridgehead atoms. The Balaban J connectivity index is 2.41. The number of nitrogens with zero attached hydrogens (tertiary/aromatic N) is 1. The number of hydrogen-bond acceptors (Lipinski definition) is 3. The summed E-state index contributed by atoms with van der Waals surface area (Å²) in [4.78, 5) is 13.8. The van der Waals surface area contributed by atoms with Crippen LogP contribution in [-0.4, -0.2) is 45.2 Å². The van der Waals surface area contributed by atoms with Crippen LogP contribution < -0.4 is 5.73 Å². The molecular weight excluding hydrogens is 236 g/mol. The fourth-order valence-corrected chi connectivity index (χ4v) is 3.29. The Bertz CT molecular complexity index is 266. The van der Waals surface area contributed by atoms with Gasteiger partial charge in [-0.1, -0.05) is 6.92 Å². The highest BCUT2D eigenvalue weighted by Gasteiger charge is 2.23. The first-order chi connectivity index (χ1) is 8.06. The maximum atomic E-state index is 12.0. The molecule has 3 unspecified atom stereocenters. The van der Waals surface area contributed by atoms with E-state index in [0.717, 1.165) is 32.4 Å². The van der Waals surface area contributed by atoms with Gasteiger partial charge in [-0.2, -0.15) is 0 Å². The molecule has 0 radical (unpaired) electrons. The van der Waals surface area contributed by atoms with Crippen molar-refractivity contribution >= 4 is 16.7 Å². The Morgan fingerprint density at radius 1 is 1.35 bits per heavy atom. The van der Waals surface area contributed by atoms with Crippen molar-refractivity contribution < 1.29 is 9.00 Å². The number of hydrogen-bond donors (Lipinski definition) is 1. The third-order valence-corrected chi connectivity index (χ3v) is 5.17. The van der Waals surface area contributed by atoms with E-state index in [0.29, 0.717) is 0 Å². The summed E-state index contributed by atoms with van der Waals surface area (Å²) in [6, 6.07) is -0.0787. The summed E-state index contributed by atoms with van der Waals surface area (Å²) >= 11 is 0. The first-order valence-electron chi connectivity index (χ1n) is 6.46. The SMILES string of the molecule is CCC(N)C(C)S(=O)CC(=O)N1CCCCC1. The van der Waals surface area contributed by atoms with Crippen LogP contribution in [0.1, 0.15) is 39.5 Å². The molecule has 1 saturated heterocycles. The number of piperidine rings is 1. The number of carbonyl (C=O) groups excluding carboxylic acids is 1. The Morgan fingerprint density at radius 3 is 2.47 bits per heavy atom. The van der Waals surface area contributed by atoms with Crippen molar-refractivity contribution in [3.63, 3.8) is 0 Å². The van der Waals surface area contributed by atoms with Crippen LogP contribution in [0, 0.1) is 0 Å². The Hall–Kier alpha value is -0.420. The van der Waals surface area contributed by atoms with Crippen molar-refractivity contribution in [3.05, 3.63) is 0 Å². The van der Waals surface area contributed by atoms with Crippen LogP contribution in [0.4, 0.5) is 0 Å². The molecule has 5 heteroatoms. The third kappa shape index (κ3) is 4.39. The van der Waals surface area contributed by atoms with Crippen molar-refractivity contribution in [2.75, 3.05) is 18.8 Å². The molecule has 0 aliphatic carbocycles. The first kappa shape index (κ1) is 14.6. The third-order valence-electron chi connectivity index (χ3n) is 3.46. The molecular formula is C12H24N2O2S. The average Bonchev–Trinajstić information content (AvgIpc) is 2.37. The predicted octanol–water partition coefficient (Wildman–Crippen LogP) is 0.873. The maximum absolute atomic E-state index is 12.0. The maximum Gasteiger partial charge on any atom is 0.235 e. The van der Waals surface area contributed by atoms with E-state index in [4.69, 9.17) is 5.73 Å². The molecule has 0 aromatic heterocycles. The number of carbonyl (C=O) groups is 1. The van der Waals surface area contributed by atoms with Crippen LogP contribution in [0.5, 0.6) is 0 Å². The van der Waals surface area contributed by atoms with E-state index in [1.54, 1.807) is 0 Å². The molecule has 0 saturated carbocycles. The molecule has 0 aromatic rings.